The van der Waals surface area contributed by atoms with E-state index in [2.05, 4.69) is 25.5 Å². The predicted octanol–water partition coefficient (Wildman–Crippen LogP) is 2.35. The van der Waals surface area contributed by atoms with Gasteiger partial charge in [-0.15, -0.1) is 0 Å². The van der Waals surface area contributed by atoms with Crippen molar-refractivity contribution in [2.24, 2.45) is 5.73 Å². The highest BCUT2D eigenvalue weighted by Crippen LogP contribution is 2.24. The second-order valence-electron chi connectivity index (χ2n) is 9.48. The van der Waals surface area contributed by atoms with Crippen LogP contribution in [-0.4, -0.2) is 91.4 Å². The number of likely N-dealkylation sites (tertiary alicyclic amines) is 1. The van der Waals surface area contributed by atoms with Crippen LogP contribution in [0.25, 0.3) is 0 Å². The van der Waals surface area contributed by atoms with Gasteiger partial charge in [-0.1, -0.05) is 39.0 Å². The number of carbonyl (C=O) groups excluding carboxylic acids is 3. The number of hydrogen-bond donors (Lipinski definition) is 3. The zero-order chi connectivity index (χ0) is 29.7. The molecule has 1 aliphatic rings. The zero-order valence-corrected chi connectivity index (χ0v) is 24.7. The van der Waals surface area contributed by atoms with Crippen molar-refractivity contribution in [1.82, 2.24) is 25.1 Å². The van der Waals surface area contributed by atoms with E-state index in [9.17, 15) is 14.4 Å². The molecule has 40 heavy (non-hydrogen) atoms. The molecule has 1 aromatic heterocycles. The lowest BCUT2D eigenvalue weighted by atomic mass is 10.1. The first-order valence-corrected chi connectivity index (χ1v) is 13.8. The Morgan fingerprint density at radius 2 is 1.85 bits per heavy atom. The lowest BCUT2D eigenvalue weighted by Crippen LogP contribution is -2.39. The molecule has 2 heterocycles. The Hall–Kier alpha value is -3.99. The molecule has 11 nitrogen and oxygen atoms in total. The molecule has 11 heteroatoms. The third-order valence-electron chi connectivity index (χ3n) is 6.19. The zero-order valence-electron chi connectivity index (χ0n) is 24.7. The van der Waals surface area contributed by atoms with Crippen LogP contribution in [0.5, 0.6) is 0 Å². The molecule has 0 spiro atoms. The maximum absolute atomic E-state index is 12.3. The Morgan fingerprint density at radius 1 is 1.12 bits per heavy atom. The van der Waals surface area contributed by atoms with E-state index in [1.54, 1.807) is 7.05 Å². The largest absolute Gasteiger partial charge is 0.364 e. The number of amides is 3. The molecular formula is C29H44N8O3. The van der Waals surface area contributed by atoms with Gasteiger partial charge in [-0.2, -0.15) is 0 Å². The van der Waals surface area contributed by atoms with Gasteiger partial charge in [-0.3, -0.25) is 19.3 Å². The number of aromatic nitrogens is 2. The number of primary amides is 1. The molecule has 0 radical (unpaired) electrons. The Balaban J connectivity index is 0.00000274. The number of nitrogens with zero attached hydrogens (tertiary/aromatic N) is 5. The van der Waals surface area contributed by atoms with E-state index in [0.717, 1.165) is 30.9 Å². The predicted molar refractivity (Wildman–Crippen MR) is 160 cm³/mol. The molecule has 1 aromatic carbocycles. The number of nitrogens with one attached hydrogen (secondary N) is 2. The standard InChI is InChI=1S/C27H38N8O3.C2H6/c1-5-21-27(33(2)3)32-26(24(31-21)25(28)38)30-20-10-6-9-19(17-20)12-13-29-22(36)18-34(4)23(37)11-7-14-35-15-8-16-35;1-2/h6-7,9-11,17H,5,8,12-16,18H2,1-4H3,(H2,28,38)(H,29,36)(H,30,32);1-2H3/b11-7+;. The monoisotopic (exact) mass is 552 g/mol. The molecular weight excluding hydrogens is 508 g/mol. The second kappa shape index (κ2) is 16.2. The van der Waals surface area contributed by atoms with Crippen LogP contribution in [0.4, 0.5) is 17.3 Å². The highest BCUT2D eigenvalue weighted by atomic mass is 16.2. The Bertz CT molecular complexity index is 1180. The average molecular weight is 553 g/mol. The number of benzene rings is 1. The fourth-order valence-electron chi connectivity index (χ4n) is 3.95. The Morgan fingerprint density at radius 3 is 2.45 bits per heavy atom. The number of carbonyl (C=O) groups is 3. The van der Waals surface area contributed by atoms with E-state index < -0.39 is 5.91 Å². The first-order valence-electron chi connectivity index (χ1n) is 13.8. The third kappa shape index (κ3) is 9.64. The molecule has 4 N–H and O–H groups in total. The van der Waals surface area contributed by atoms with Crippen molar-refractivity contribution in [3.63, 3.8) is 0 Å². The van der Waals surface area contributed by atoms with Gasteiger partial charge in [0, 0.05) is 46.0 Å². The summed E-state index contributed by atoms with van der Waals surface area (Å²) in [4.78, 5) is 51.1. The summed E-state index contributed by atoms with van der Waals surface area (Å²) >= 11 is 0. The van der Waals surface area contributed by atoms with Crippen molar-refractivity contribution >= 4 is 35.0 Å². The fourth-order valence-corrected chi connectivity index (χ4v) is 3.95. The minimum Gasteiger partial charge on any atom is -0.364 e. The average Bonchev–Trinajstić information content (AvgIpc) is 2.90. The third-order valence-corrected chi connectivity index (χ3v) is 6.19. The van der Waals surface area contributed by atoms with Gasteiger partial charge in [-0.05, 0) is 50.0 Å². The first-order chi connectivity index (χ1) is 19.2. The fraction of sp³-hybridized carbons (Fsp3) is 0.483. The maximum Gasteiger partial charge on any atom is 0.271 e. The van der Waals surface area contributed by atoms with Crippen molar-refractivity contribution in [1.29, 1.82) is 0 Å². The summed E-state index contributed by atoms with van der Waals surface area (Å²) in [5.74, 6) is -0.125. The minimum atomic E-state index is -0.658. The van der Waals surface area contributed by atoms with Crippen molar-refractivity contribution in [3.8, 4) is 0 Å². The molecule has 0 aliphatic carbocycles. The molecule has 0 atom stereocenters. The number of rotatable bonds is 13. The molecule has 2 aromatic rings. The highest BCUT2D eigenvalue weighted by Gasteiger charge is 2.18. The molecule has 0 unspecified atom stereocenters. The van der Waals surface area contributed by atoms with Gasteiger partial charge >= 0.3 is 0 Å². The molecule has 3 rings (SSSR count). The van der Waals surface area contributed by atoms with E-state index >= 15 is 0 Å². The number of nitrogens with two attached hydrogens (primary N) is 1. The summed E-state index contributed by atoms with van der Waals surface area (Å²) in [6.07, 6.45) is 5.77. The van der Waals surface area contributed by atoms with Crippen LogP contribution in [0.1, 0.15) is 48.9 Å². The maximum atomic E-state index is 12.3. The topological polar surface area (TPSA) is 137 Å². The van der Waals surface area contributed by atoms with E-state index in [1.807, 2.05) is 70.1 Å². The van der Waals surface area contributed by atoms with Gasteiger partial charge in [0.25, 0.3) is 5.91 Å². The molecule has 0 bridgehead atoms. The van der Waals surface area contributed by atoms with Gasteiger partial charge in [0.05, 0.1) is 12.2 Å². The van der Waals surface area contributed by atoms with Crippen LogP contribution in [0, 0.1) is 0 Å². The summed E-state index contributed by atoms with van der Waals surface area (Å²) < 4.78 is 0. The quantitative estimate of drug-likeness (QED) is 0.322. The summed E-state index contributed by atoms with van der Waals surface area (Å²) in [6, 6.07) is 7.60. The number of likely N-dealkylation sites (N-methyl/N-ethyl adjacent to an activating group) is 1. The molecule has 0 saturated carbocycles. The number of anilines is 3. The van der Waals surface area contributed by atoms with Crippen molar-refractivity contribution in [2.45, 2.75) is 40.0 Å². The summed E-state index contributed by atoms with van der Waals surface area (Å²) in [6.45, 7) is 9.25. The van der Waals surface area contributed by atoms with Gasteiger partial charge in [0.1, 0.15) is 0 Å². The van der Waals surface area contributed by atoms with Gasteiger partial charge < -0.3 is 26.2 Å². The van der Waals surface area contributed by atoms with E-state index in [1.165, 1.54) is 17.4 Å². The Kier molecular flexibility index (Phi) is 13.0. The SMILES string of the molecule is CC.CCc1nc(C(N)=O)c(Nc2cccc(CCNC(=O)CN(C)C(=O)/C=C/CN3CCC3)c2)nc1N(C)C. The van der Waals surface area contributed by atoms with Gasteiger partial charge in [-0.25, -0.2) is 9.97 Å². The van der Waals surface area contributed by atoms with Gasteiger partial charge in [0.15, 0.2) is 17.3 Å². The van der Waals surface area contributed by atoms with Crippen molar-refractivity contribution in [3.05, 3.63) is 53.4 Å². The Labute approximate surface area is 237 Å². The molecule has 1 fully saturated rings. The molecule has 1 saturated heterocycles. The lowest BCUT2D eigenvalue weighted by molar-refractivity contribution is -0.131. The van der Waals surface area contributed by atoms with Crippen LogP contribution in [0.3, 0.4) is 0 Å². The summed E-state index contributed by atoms with van der Waals surface area (Å²) in [7, 11) is 5.35. The normalized spacial score (nSPS) is 12.7. The highest BCUT2D eigenvalue weighted by molar-refractivity contribution is 5.96. The van der Waals surface area contributed by atoms with E-state index in [4.69, 9.17) is 5.73 Å². The second-order valence-corrected chi connectivity index (χ2v) is 9.48. The minimum absolute atomic E-state index is 0.00892. The van der Waals surface area contributed by atoms with E-state index in [-0.39, 0.29) is 29.9 Å². The van der Waals surface area contributed by atoms with Crippen LogP contribution < -0.4 is 21.3 Å². The van der Waals surface area contributed by atoms with E-state index in [0.29, 0.717) is 30.9 Å². The first kappa shape index (κ1) is 32.2. The van der Waals surface area contributed by atoms with Crippen LogP contribution in [0.15, 0.2) is 36.4 Å². The van der Waals surface area contributed by atoms with Crippen molar-refractivity contribution < 1.29 is 14.4 Å². The van der Waals surface area contributed by atoms with Crippen LogP contribution >= 0.6 is 0 Å². The van der Waals surface area contributed by atoms with Gasteiger partial charge in [0.2, 0.25) is 11.8 Å². The molecule has 3 amide bonds. The van der Waals surface area contributed by atoms with Crippen LogP contribution in [0.2, 0.25) is 0 Å². The number of hydrogen-bond acceptors (Lipinski definition) is 8. The van der Waals surface area contributed by atoms with Crippen molar-refractivity contribution in [2.75, 3.05) is 64.1 Å². The lowest BCUT2D eigenvalue weighted by Gasteiger charge is -2.29. The van der Waals surface area contributed by atoms with Crippen LogP contribution in [-0.2, 0) is 22.4 Å². The molecule has 218 valence electrons. The summed E-state index contributed by atoms with van der Waals surface area (Å²) in [5.41, 5.74) is 8.03. The smallest absolute Gasteiger partial charge is 0.271 e. The molecule has 1 aliphatic heterocycles. The number of aryl methyl sites for hydroxylation is 1. The summed E-state index contributed by atoms with van der Waals surface area (Å²) in [5, 5.41) is 6.03.